The van der Waals surface area contributed by atoms with E-state index in [9.17, 15) is 9.18 Å². The second-order valence-corrected chi connectivity index (χ2v) is 6.43. The average molecular weight is 344 g/mol. The lowest BCUT2D eigenvalue weighted by Crippen LogP contribution is -2.28. The lowest BCUT2D eigenvalue weighted by atomic mass is 10.1. The van der Waals surface area contributed by atoms with Gasteiger partial charge in [0, 0.05) is 5.38 Å². The van der Waals surface area contributed by atoms with Crippen LogP contribution in [0.4, 0.5) is 4.39 Å². The lowest BCUT2D eigenvalue weighted by Gasteiger charge is -2.13. The minimum absolute atomic E-state index is 0.126. The standard InChI is InChI=1S/C18H17FN2O2S/c1-11-3-8-16(23-11)18-21-15(10-24-18)9-17(22)20-12(2)13-4-6-14(19)7-5-13/h3-8,10,12H,9H2,1-2H3,(H,20,22)/t12-/m1/s1. The van der Waals surface area contributed by atoms with Gasteiger partial charge in [-0.3, -0.25) is 4.79 Å². The predicted molar refractivity (Wildman–Crippen MR) is 91.2 cm³/mol. The van der Waals surface area contributed by atoms with Crippen LogP contribution in [0.5, 0.6) is 0 Å². The first kappa shape index (κ1) is 16.4. The van der Waals surface area contributed by atoms with Crippen LogP contribution in [0.3, 0.4) is 0 Å². The van der Waals surface area contributed by atoms with Crippen LogP contribution < -0.4 is 5.32 Å². The van der Waals surface area contributed by atoms with E-state index in [0.717, 1.165) is 16.3 Å². The van der Waals surface area contributed by atoms with E-state index >= 15 is 0 Å². The van der Waals surface area contributed by atoms with Gasteiger partial charge in [0.2, 0.25) is 5.91 Å². The zero-order chi connectivity index (χ0) is 17.1. The van der Waals surface area contributed by atoms with Crippen LogP contribution in [0, 0.1) is 12.7 Å². The second-order valence-electron chi connectivity index (χ2n) is 5.57. The van der Waals surface area contributed by atoms with E-state index in [1.807, 2.05) is 31.4 Å². The van der Waals surface area contributed by atoms with E-state index in [2.05, 4.69) is 10.3 Å². The summed E-state index contributed by atoms with van der Waals surface area (Å²) < 4.78 is 18.5. The van der Waals surface area contributed by atoms with E-state index < -0.39 is 0 Å². The number of halogens is 1. The molecule has 1 aromatic carbocycles. The van der Waals surface area contributed by atoms with Crippen molar-refractivity contribution in [3.63, 3.8) is 0 Å². The first-order chi connectivity index (χ1) is 11.5. The summed E-state index contributed by atoms with van der Waals surface area (Å²) in [5.74, 6) is 1.12. The zero-order valence-corrected chi connectivity index (χ0v) is 14.2. The maximum Gasteiger partial charge on any atom is 0.226 e. The predicted octanol–water partition coefficient (Wildman–Crippen LogP) is 4.27. The summed E-state index contributed by atoms with van der Waals surface area (Å²) in [6, 6.07) is 9.67. The Balaban J connectivity index is 1.60. The summed E-state index contributed by atoms with van der Waals surface area (Å²) in [6.07, 6.45) is 0.196. The Morgan fingerprint density at radius 3 is 2.71 bits per heavy atom. The Labute approximate surface area is 143 Å². The summed E-state index contributed by atoms with van der Waals surface area (Å²) in [6.45, 7) is 3.74. The van der Waals surface area contributed by atoms with Crippen LogP contribution in [0.15, 0.2) is 46.2 Å². The molecule has 3 aromatic rings. The van der Waals surface area contributed by atoms with Crippen molar-refractivity contribution in [2.45, 2.75) is 26.3 Å². The van der Waals surface area contributed by atoms with Crippen LogP contribution in [0.1, 0.15) is 30.0 Å². The SMILES string of the molecule is Cc1ccc(-c2nc(CC(=O)N[C@H](C)c3ccc(F)cc3)cs2)o1. The number of carbonyl (C=O) groups excluding carboxylic acids is 1. The molecule has 24 heavy (non-hydrogen) atoms. The molecule has 0 spiro atoms. The summed E-state index contributed by atoms with van der Waals surface area (Å²) in [5.41, 5.74) is 1.56. The van der Waals surface area contributed by atoms with Gasteiger partial charge >= 0.3 is 0 Å². The number of rotatable bonds is 5. The number of furan rings is 1. The van der Waals surface area contributed by atoms with Gasteiger partial charge in [0.1, 0.15) is 11.6 Å². The van der Waals surface area contributed by atoms with E-state index in [4.69, 9.17) is 4.42 Å². The summed E-state index contributed by atoms with van der Waals surface area (Å²) in [7, 11) is 0. The molecule has 124 valence electrons. The van der Waals surface area contributed by atoms with Gasteiger partial charge in [-0.1, -0.05) is 12.1 Å². The number of amides is 1. The number of hydrogen-bond donors (Lipinski definition) is 1. The molecule has 0 aliphatic heterocycles. The third kappa shape index (κ3) is 3.89. The number of aryl methyl sites for hydroxylation is 1. The van der Waals surface area contributed by atoms with Gasteiger partial charge in [-0.05, 0) is 43.7 Å². The van der Waals surface area contributed by atoms with Gasteiger partial charge in [0.05, 0.1) is 18.2 Å². The molecule has 3 rings (SSSR count). The first-order valence-electron chi connectivity index (χ1n) is 7.57. The molecule has 1 atom stereocenters. The highest BCUT2D eigenvalue weighted by Crippen LogP contribution is 2.25. The molecule has 0 saturated carbocycles. The Kier molecular flexibility index (Phi) is 4.76. The molecule has 0 saturated heterocycles. The number of aromatic nitrogens is 1. The highest BCUT2D eigenvalue weighted by Gasteiger charge is 2.14. The fourth-order valence-electron chi connectivity index (χ4n) is 2.34. The van der Waals surface area contributed by atoms with Gasteiger partial charge in [0.25, 0.3) is 0 Å². The van der Waals surface area contributed by atoms with Crippen molar-refractivity contribution < 1.29 is 13.6 Å². The minimum atomic E-state index is -0.291. The number of nitrogens with zero attached hydrogens (tertiary/aromatic N) is 1. The topological polar surface area (TPSA) is 55.1 Å². The van der Waals surface area contributed by atoms with Crippen LogP contribution in [0.25, 0.3) is 10.8 Å². The van der Waals surface area contributed by atoms with Crippen LogP contribution in [-0.4, -0.2) is 10.9 Å². The van der Waals surface area contributed by atoms with Crippen LogP contribution in [0.2, 0.25) is 0 Å². The molecule has 0 bridgehead atoms. The Hall–Kier alpha value is -2.47. The smallest absolute Gasteiger partial charge is 0.226 e. The Bertz CT molecular complexity index is 839. The molecule has 6 heteroatoms. The van der Waals surface area contributed by atoms with Crippen molar-refractivity contribution in [2.75, 3.05) is 0 Å². The number of carbonyl (C=O) groups is 1. The maximum absolute atomic E-state index is 12.9. The molecule has 2 aromatic heterocycles. The number of nitrogens with one attached hydrogen (secondary N) is 1. The summed E-state index contributed by atoms with van der Waals surface area (Å²) in [4.78, 5) is 16.6. The number of thiazole rings is 1. The van der Waals surface area contributed by atoms with Gasteiger partial charge in [0.15, 0.2) is 10.8 Å². The fraction of sp³-hybridized carbons (Fsp3) is 0.222. The van der Waals surface area contributed by atoms with E-state index in [1.54, 1.807) is 12.1 Å². The van der Waals surface area contributed by atoms with Crippen molar-refractivity contribution in [1.29, 1.82) is 0 Å². The second kappa shape index (κ2) is 6.97. The molecule has 0 unspecified atom stereocenters. The molecule has 0 fully saturated rings. The largest absolute Gasteiger partial charge is 0.459 e. The third-order valence-corrected chi connectivity index (χ3v) is 4.50. The molecule has 1 N–H and O–H groups in total. The van der Waals surface area contributed by atoms with Crippen molar-refractivity contribution in [3.8, 4) is 10.8 Å². The van der Waals surface area contributed by atoms with Gasteiger partial charge in [-0.15, -0.1) is 11.3 Å². The van der Waals surface area contributed by atoms with E-state index in [-0.39, 0.29) is 24.2 Å². The molecule has 2 heterocycles. The van der Waals surface area contributed by atoms with Gasteiger partial charge in [-0.2, -0.15) is 0 Å². The molecule has 0 aliphatic carbocycles. The molecular formula is C18H17FN2O2S. The molecule has 4 nitrogen and oxygen atoms in total. The molecule has 1 amide bonds. The first-order valence-corrected chi connectivity index (χ1v) is 8.45. The van der Waals surface area contributed by atoms with E-state index in [1.165, 1.54) is 23.5 Å². The zero-order valence-electron chi connectivity index (χ0n) is 13.4. The highest BCUT2D eigenvalue weighted by molar-refractivity contribution is 7.13. The van der Waals surface area contributed by atoms with Crippen molar-refractivity contribution >= 4 is 17.2 Å². The average Bonchev–Trinajstić information content (AvgIpc) is 3.16. The summed E-state index contributed by atoms with van der Waals surface area (Å²) >= 11 is 1.45. The van der Waals surface area contributed by atoms with E-state index in [0.29, 0.717) is 11.5 Å². The quantitative estimate of drug-likeness (QED) is 0.752. The number of benzene rings is 1. The Morgan fingerprint density at radius 1 is 1.29 bits per heavy atom. The van der Waals surface area contributed by atoms with Crippen LogP contribution in [-0.2, 0) is 11.2 Å². The monoisotopic (exact) mass is 344 g/mol. The van der Waals surface area contributed by atoms with Crippen LogP contribution >= 0.6 is 11.3 Å². The lowest BCUT2D eigenvalue weighted by molar-refractivity contribution is -0.121. The molecule has 0 radical (unpaired) electrons. The van der Waals surface area contributed by atoms with Gasteiger partial charge < -0.3 is 9.73 Å². The molecule has 0 aliphatic rings. The fourth-order valence-corrected chi connectivity index (χ4v) is 3.12. The van der Waals surface area contributed by atoms with Crippen molar-refractivity contribution in [2.24, 2.45) is 0 Å². The maximum atomic E-state index is 12.9. The van der Waals surface area contributed by atoms with Crippen molar-refractivity contribution in [1.82, 2.24) is 10.3 Å². The highest BCUT2D eigenvalue weighted by atomic mass is 32.1. The normalized spacial score (nSPS) is 12.1. The Morgan fingerprint density at radius 2 is 2.04 bits per heavy atom. The molecular weight excluding hydrogens is 327 g/mol. The van der Waals surface area contributed by atoms with Crippen molar-refractivity contribution in [3.05, 3.63) is 64.6 Å². The van der Waals surface area contributed by atoms with Gasteiger partial charge in [-0.25, -0.2) is 9.37 Å². The summed E-state index contributed by atoms with van der Waals surface area (Å²) in [5, 5.41) is 5.52. The minimum Gasteiger partial charge on any atom is -0.459 e. The number of hydrogen-bond acceptors (Lipinski definition) is 4. The third-order valence-electron chi connectivity index (χ3n) is 3.59.